The van der Waals surface area contributed by atoms with Gasteiger partial charge in [0.05, 0.1) is 0 Å². The van der Waals surface area contributed by atoms with Gasteiger partial charge in [-0.1, -0.05) is 27.2 Å². The van der Waals surface area contributed by atoms with Crippen LogP contribution in [0.15, 0.2) is 0 Å². The second-order valence-electron chi connectivity index (χ2n) is 5.46. The molecule has 1 aliphatic carbocycles. The molecule has 3 N–H and O–H groups in total. The van der Waals surface area contributed by atoms with Crippen LogP contribution in [-0.4, -0.2) is 17.8 Å². The van der Waals surface area contributed by atoms with Crippen molar-refractivity contribution in [2.75, 3.05) is 6.61 Å². The van der Waals surface area contributed by atoms with Gasteiger partial charge in [-0.2, -0.15) is 0 Å². The molecule has 3 unspecified atom stereocenters. The van der Waals surface area contributed by atoms with Gasteiger partial charge < -0.3 is 10.8 Å². The Hall–Kier alpha value is -0.0800. The second-order valence-corrected chi connectivity index (χ2v) is 5.46. The molecule has 0 amide bonds. The minimum atomic E-state index is 0.226. The van der Waals surface area contributed by atoms with Crippen LogP contribution in [0.5, 0.6) is 0 Å². The molecule has 1 fully saturated rings. The van der Waals surface area contributed by atoms with Gasteiger partial charge in [-0.25, -0.2) is 0 Å². The molecule has 2 nitrogen and oxygen atoms in total. The molecule has 0 aliphatic heterocycles. The summed E-state index contributed by atoms with van der Waals surface area (Å²) in [4.78, 5) is 0. The third kappa shape index (κ3) is 2.48. The summed E-state index contributed by atoms with van der Waals surface area (Å²) in [5.74, 6) is 1.07. The molecule has 1 rings (SSSR count). The molecule has 0 aromatic heterocycles. The minimum absolute atomic E-state index is 0.226. The SMILES string of the molecule is CCC(C)(C)C1CCC(N)C(CO)C1. The Kier molecular flexibility index (Phi) is 3.96. The first-order valence-corrected chi connectivity index (χ1v) is 5.87. The van der Waals surface area contributed by atoms with Crippen molar-refractivity contribution in [3.8, 4) is 0 Å². The number of hydrogen-bond donors (Lipinski definition) is 2. The Morgan fingerprint density at radius 1 is 1.36 bits per heavy atom. The molecule has 1 aliphatic rings. The quantitative estimate of drug-likeness (QED) is 0.731. The predicted molar refractivity (Wildman–Crippen MR) is 60.0 cm³/mol. The van der Waals surface area contributed by atoms with Crippen LogP contribution < -0.4 is 5.73 Å². The molecule has 3 atom stereocenters. The Morgan fingerprint density at radius 2 is 2.00 bits per heavy atom. The zero-order valence-corrected chi connectivity index (χ0v) is 9.79. The summed E-state index contributed by atoms with van der Waals surface area (Å²) >= 11 is 0. The lowest BCUT2D eigenvalue weighted by molar-refractivity contribution is 0.0767. The molecule has 0 aromatic rings. The van der Waals surface area contributed by atoms with E-state index in [1.165, 1.54) is 12.8 Å². The number of hydrogen-bond acceptors (Lipinski definition) is 2. The molecule has 0 radical (unpaired) electrons. The van der Waals surface area contributed by atoms with Gasteiger partial charge >= 0.3 is 0 Å². The maximum absolute atomic E-state index is 9.24. The average Bonchev–Trinajstić information content (AvgIpc) is 2.18. The van der Waals surface area contributed by atoms with E-state index >= 15 is 0 Å². The third-order valence-corrected chi connectivity index (χ3v) is 4.29. The first-order valence-electron chi connectivity index (χ1n) is 5.87. The molecule has 0 aromatic carbocycles. The minimum Gasteiger partial charge on any atom is -0.396 e. The number of aliphatic hydroxyl groups is 1. The summed E-state index contributed by atoms with van der Waals surface area (Å²) in [7, 11) is 0. The van der Waals surface area contributed by atoms with Crippen molar-refractivity contribution in [1.82, 2.24) is 0 Å². The Labute approximate surface area is 87.9 Å². The lowest BCUT2D eigenvalue weighted by Gasteiger charge is -2.41. The van der Waals surface area contributed by atoms with E-state index < -0.39 is 0 Å². The Morgan fingerprint density at radius 3 is 2.50 bits per heavy atom. The zero-order chi connectivity index (χ0) is 10.8. The highest BCUT2D eigenvalue weighted by Gasteiger charge is 2.35. The van der Waals surface area contributed by atoms with Gasteiger partial charge in [-0.05, 0) is 36.5 Å². The molecule has 2 heteroatoms. The third-order valence-electron chi connectivity index (χ3n) is 4.29. The molecule has 14 heavy (non-hydrogen) atoms. The molecular formula is C12H25NO. The van der Waals surface area contributed by atoms with Crippen LogP contribution in [0.25, 0.3) is 0 Å². The van der Waals surface area contributed by atoms with Crippen LogP contribution in [0, 0.1) is 17.3 Å². The highest BCUT2D eigenvalue weighted by Crippen LogP contribution is 2.41. The molecule has 0 spiro atoms. The summed E-state index contributed by atoms with van der Waals surface area (Å²) in [6.45, 7) is 7.19. The largest absolute Gasteiger partial charge is 0.396 e. The van der Waals surface area contributed by atoms with E-state index in [-0.39, 0.29) is 12.6 Å². The standard InChI is InChI=1S/C12H25NO/c1-4-12(2,3)10-5-6-11(13)9(7-10)8-14/h9-11,14H,4-8,13H2,1-3H3. The summed E-state index contributed by atoms with van der Waals surface area (Å²) in [5, 5.41) is 9.24. The highest BCUT2D eigenvalue weighted by atomic mass is 16.3. The van der Waals surface area contributed by atoms with Gasteiger partial charge in [-0.3, -0.25) is 0 Å². The van der Waals surface area contributed by atoms with Crippen LogP contribution in [0.3, 0.4) is 0 Å². The molecular weight excluding hydrogens is 174 g/mol. The van der Waals surface area contributed by atoms with Crippen molar-refractivity contribution in [2.45, 2.75) is 52.5 Å². The first kappa shape index (κ1) is 12.0. The van der Waals surface area contributed by atoms with Gasteiger partial charge in [-0.15, -0.1) is 0 Å². The summed E-state index contributed by atoms with van der Waals surface area (Å²) in [6.07, 6.45) is 4.64. The van der Waals surface area contributed by atoms with Crippen molar-refractivity contribution in [1.29, 1.82) is 0 Å². The van der Waals surface area contributed by atoms with Gasteiger partial charge in [0.1, 0.15) is 0 Å². The van der Waals surface area contributed by atoms with Crippen molar-refractivity contribution < 1.29 is 5.11 Å². The van der Waals surface area contributed by atoms with Gasteiger partial charge in [0.2, 0.25) is 0 Å². The van der Waals surface area contributed by atoms with E-state index in [1.807, 2.05) is 0 Å². The number of nitrogens with two attached hydrogens (primary N) is 1. The lowest BCUT2D eigenvalue weighted by Crippen LogP contribution is -2.41. The predicted octanol–water partition coefficient (Wildman–Crippen LogP) is 2.16. The number of aliphatic hydroxyl groups excluding tert-OH is 1. The molecule has 0 heterocycles. The van der Waals surface area contributed by atoms with Gasteiger partial charge in [0.25, 0.3) is 0 Å². The van der Waals surface area contributed by atoms with Crippen molar-refractivity contribution in [3.63, 3.8) is 0 Å². The van der Waals surface area contributed by atoms with E-state index in [2.05, 4.69) is 20.8 Å². The van der Waals surface area contributed by atoms with Crippen molar-refractivity contribution in [3.05, 3.63) is 0 Å². The van der Waals surface area contributed by atoms with E-state index in [0.717, 1.165) is 18.8 Å². The van der Waals surface area contributed by atoms with Crippen LogP contribution in [-0.2, 0) is 0 Å². The topological polar surface area (TPSA) is 46.2 Å². The summed E-state index contributed by atoms with van der Waals surface area (Å²) < 4.78 is 0. The van der Waals surface area contributed by atoms with Crippen molar-refractivity contribution in [2.24, 2.45) is 23.0 Å². The fourth-order valence-electron chi connectivity index (χ4n) is 2.50. The molecule has 84 valence electrons. The van der Waals surface area contributed by atoms with Crippen LogP contribution >= 0.6 is 0 Å². The Balaban J connectivity index is 2.58. The van der Waals surface area contributed by atoms with Crippen LogP contribution in [0.2, 0.25) is 0 Å². The fraction of sp³-hybridized carbons (Fsp3) is 1.00. The monoisotopic (exact) mass is 199 g/mol. The van der Waals surface area contributed by atoms with E-state index in [4.69, 9.17) is 5.73 Å². The molecule has 0 bridgehead atoms. The molecule has 1 saturated carbocycles. The molecule has 0 saturated heterocycles. The Bertz CT molecular complexity index is 179. The second kappa shape index (κ2) is 4.63. The van der Waals surface area contributed by atoms with Gasteiger partial charge in [0, 0.05) is 12.6 Å². The smallest absolute Gasteiger partial charge is 0.0474 e. The zero-order valence-electron chi connectivity index (χ0n) is 9.79. The number of rotatable bonds is 3. The van der Waals surface area contributed by atoms with Crippen LogP contribution in [0.4, 0.5) is 0 Å². The first-order chi connectivity index (χ1) is 6.51. The van der Waals surface area contributed by atoms with E-state index in [0.29, 0.717) is 11.3 Å². The normalized spacial score (nSPS) is 34.5. The summed E-state index contributed by atoms with van der Waals surface area (Å²) in [5.41, 5.74) is 6.39. The average molecular weight is 199 g/mol. The lowest BCUT2D eigenvalue weighted by atomic mass is 9.66. The van der Waals surface area contributed by atoms with E-state index in [9.17, 15) is 5.11 Å². The summed E-state index contributed by atoms with van der Waals surface area (Å²) in [6, 6.07) is 0.226. The van der Waals surface area contributed by atoms with Crippen LogP contribution in [0.1, 0.15) is 46.5 Å². The maximum Gasteiger partial charge on any atom is 0.0474 e. The van der Waals surface area contributed by atoms with Crippen molar-refractivity contribution >= 4 is 0 Å². The maximum atomic E-state index is 9.24. The van der Waals surface area contributed by atoms with E-state index in [1.54, 1.807) is 0 Å². The highest BCUT2D eigenvalue weighted by molar-refractivity contribution is 4.88. The van der Waals surface area contributed by atoms with Gasteiger partial charge in [0.15, 0.2) is 0 Å². The fourth-order valence-corrected chi connectivity index (χ4v) is 2.50.